The minimum Gasteiger partial charge on any atom is -0.381 e. The Morgan fingerprint density at radius 2 is 1.93 bits per heavy atom. The number of alkyl halides is 1. The average molecular weight is 232 g/mol. The van der Waals surface area contributed by atoms with Crippen molar-refractivity contribution in [3.05, 3.63) is 0 Å². The van der Waals surface area contributed by atoms with Gasteiger partial charge in [0.05, 0.1) is 0 Å². The fourth-order valence-corrected chi connectivity index (χ4v) is 3.07. The predicted octanol–water partition coefficient (Wildman–Crippen LogP) is 2.36. The number of hydrogen-bond donors (Lipinski definition) is 0. The molecule has 2 rings (SSSR count). The molecule has 0 radical (unpaired) electrons. The first-order chi connectivity index (χ1) is 7.38. The quantitative estimate of drug-likeness (QED) is 0.689. The van der Waals surface area contributed by atoms with Gasteiger partial charge in [-0.25, -0.2) is 0 Å². The van der Waals surface area contributed by atoms with Crippen molar-refractivity contribution in [3.63, 3.8) is 0 Å². The molecule has 0 aliphatic carbocycles. The predicted molar refractivity (Wildman–Crippen MR) is 63.4 cm³/mol. The van der Waals surface area contributed by atoms with Gasteiger partial charge in [0.2, 0.25) is 0 Å². The molecule has 0 aromatic heterocycles. The Morgan fingerprint density at radius 1 is 1.13 bits per heavy atom. The molecule has 1 atom stereocenters. The Hall–Kier alpha value is 0.210. The van der Waals surface area contributed by atoms with Crippen molar-refractivity contribution in [3.8, 4) is 0 Å². The zero-order chi connectivity index (χ0) is 10.5. The Morgan fingerprint density at radius 3 is 2.67 bits per heavy atom. The zero-order valence-corrected chi connectivity index (χ0v) is 10.2. The van der Waals surface area contributed by atoms with Crippen LogP contribution in [0.25, 0.3) is 0 Å². The van der Waals surface area contributed by atoms with Crippen molar-refractivity contribution < 1.29 is 4.74 Å². The summed E-state index contributed by atoms with van der Waals surface area (Å²) < 4.78 is 5.39. The maximum absolute atomic E-state index is 5.79. The minimum atomic E-state index is 0.829. The zero-order valence-electron chi connectivity index (χ0n) is 9.46. The highest BCUT2D eigenvalue weighted by Crippen LogP contribution is 2.23. The summed E-state index contributed by atoms with van der Waals surface area (Å²) in [4.78, 5) is 2.63. The fraction of sp³-hybridized carbons (Fsp3) is 1.00. The second-order valence-corrected chi connectivity index (χ2v) is 5.33. The van der Waals surface area contributed by atoms with Crippen LogP contribution in [0, 0.1) is 11.8 Å². The fourth-order valence-electron chi connectivity index (χ4n) is 2.76. The molecule has 0 aromatic rings. The molecule has 1 unspecified atom stereocenters. The summed E-state index contributed by atoms with van der Waals surface area (Å²) in [7, 11) is 0. The van der Waals surface area contributed by atoms with Crippen LogP contribution in [0.2, 0.25) is 0 Å². The summed E-state index contributed by atoms with van der Waals surface area (Å²) in [6.45, 7) is 5.82. The van der Waals surface area contributed by atoms with Crippen molar-refractivity contribution in [1.82, 2.24) is 4.90 Å². The van der Waals surface area contributed by atoms with E-state index in [9.17, 15) is 0 Å². The number of ether oxygens (including phenoxy) is 1. The first-order valence-corrected chi connectivity index (χ1v) is 6.78. The number of nitrogens with zero attached hydrogens (tertiary/aromatic N) is 1. The Kier molecular flexibility index (Phi) is 4.73. The van der Waals surface area contributed by atoms with Gasteiger partial charge in [0.25, 0.3) is 0 Å². The van der Waals surface area contributed by atoms with Crippen LogP contribution in [0.1, 0.15) is 25.7 Å². The molecule has 2 nitrogen and oxygen atoms in total. The summed E-state index contributed by atoms with van der Waals surface area (Å²) in [5, 5.41) is 0. The van der Waals surface area contributed by atoms with Gasteiger partial charge in [-0.3, -0.25) is 0 Å². The van der Waals surface area contributed by atoms with Crippen LogP contribution < -0.4 is 0 Å². The van der Waals surface area contributed by atoms with E-state index >= 15 is 0 Å². The lowest BCUT2D eigenvalue weighted by molar-refractivity contribution is 0.0551. The van der Waals surface area contributed by atoms with Crippen molar-refractivity contribution in [2.24, 2.45) is 11.8 Å². The molecule has 15 heavy (non-hydrogen) atoms. The Labute approximate surface area is 97.9 Å². The van der Waals surface area contributed by atoms with Gasteiger partial charge in [0.1, 0.15) is 0 Å². The van der Waals surface area contributed by atoms with Gasteiger partial charge in [-0.05, 0) is 44.1 Å². The molecule has 2 aliphatic heterocycles. The summed E-state index contributed by atoms with van der Waals surface area (Å²) in [5.74, 6) is 2.58. The Bertz CT molecular complexity index is 182. The van der Waals surface area contributed by atoms with E-state index in [2.05, 4.69) is 4.90 Å². The normalized spacial score (nSPS) is 29.8. The summed E-state index contributed by atoms with van der Waals surface area (Å²) >= 11 is 5.79. The molecule has 2 aliphatic rings. The van der Waals surface area contributed by atoms with E-state index in [1.165, 1.54) is 45.3 Å². The SMILES string of the molecule is ClCCC1CCN(CC2CCOCC2)C1. The highest BCUT2D eigenvalue weighted by Gasteiger charge is 2.24. The molecule has 0 aromatic carbocycles. The van der Waals surface area contributed by atoms with Crippen LogP contribution in [0.5, 0.6) is 0 Å². The largest absolute Gasteiger partial charge is 0.381 e. The van der Waals surface area contributed by atoms with Gasteiger partial charge in [0.15, 0.2) is 0 Å². The number of hydrogen-bond acceptors (Lipinski definition) is 2. The second kappa shape index (κ2) is 6.07. The second-order valence-electron chi connectivity index (χ2n) is 4.95. The van der Waals surface area contributed by atoms with E-state index in [4.69, 9.17) is 16.3 Å². The van der Waals surface area contributed by atoms with Crippen LogP contribution in [-0.2, 0) is 4.74 Å². The van der Waals surface area contributed by atoms with Crippen LogP contribution in [0.15, 0.2) is 0 Å². The lowest BCUT2D eigenvalue weighted by Gasteiger charge is -2.26. The van der Waals surface area contributed by atoms with E-state index in [-0.39, 0.29) is 0 Å². The van der Waals surface area contributed by atoms with Crippen molar-refractivity contribution in [2.45, 2.75) is 25.7 Å². The average Bonchev–Trinajstić information content (AvgIpc) is 2.68. The third kappa shape index (κ3) is 3.61. The van der Waals surface area contributed by atoms with Crippen LogP contribution >= 0.6 is 11.6 Å². The van der Waals surface area contributed by atoms with Crippen LogP contribution in [0.3, 0.4) is 0 Å². The minimum absolute atomic E-state index is 0.829. The molecule has 0 bridgehead atoms. The van der Waals surface area contributed by atoms with Crippen LogP contribution in [0.4, 0.5) is 0 Å². The third-order valence-electron chi connectivity index (χ3n) is 3.74. The molecule has 88 valence electrons. The number of halogens is 1. The molecule has 2 fully saturated rings. The highest BCUT2D eigenvalue weighted by atomic mass is 35.5. The van der Waals surface area contributed by atoms with E-state index in [1.807, 2.05) is 0 Å². The molecular weight excluding hydrogens is 210 g/mol. The topological polar surface area (TPSA) is 12.5 Å². The van der Waals surface area contributed by atoms with Crippen molar-refractivity contribution >= 4 is 11.6 Å². The van der Waals surface area contributed by atoms with E-state index in [0.29, 0.717) is 0 Å². The first-order valence-electron chi connectivity index (χ1n) is 6.24. The molecule has 0 saturated carbocycles. The van der Waals surface area contributed by atoms with E-state index < -0.39 is 0 Å². The van der Waals surface area contributed by atoms with Gasteiger partial charge in [-0.1, -0.05) is 0 Å². The van der Waals surface area contributed by atoms with Crippen molar-refractivity contribution in [1.29, 1.82) is 0 Å². The van der Waals surface area contributed by atoms with Gasteiger partial charge in [-0.2, -0.15) is 0 Å². The molecule has 2 saturated heterocycles. The molecular formula is C12H22ClNO. The van der Waals surface area contributed by atoms with Crippen molar-refractivity contribution in [2.75, 3.05) is 38.7 Å². The highest BCUT2D eigenvalue weighted by molar-refractivity contribution is 6.17. The van der Waals surface area contributed by atoms with Gasteiger partial charge >= 0.3 is 0 Å². The smallest absolute Gasteiger partial charge is 0.0469 e. The number of rotatable bonds is 4. The Balaban J connectivity index is 1.67. The summed E-state index contributed by atoms with van der Waals surface area (Å²) in [6.07, 6.45) is 5.08. The van der Waals surface area contributed by atoms with Gasteiger partial charge < -0.3 is 9.64 Å². The van der Waals surface area contributed by atoms with E-state index in [1.54, 1.807) is 0 Å². The third-order valence-corrected chi connectivity index (χ3v) is 3.96. The molecule has 0 spiro atoms. The van der Waals surface area contributed by atoms with Gasteiger partial charge in [-0.15, -0.1) is 11.6 Å². The first kappa shape index (κ1) is 11.7. The maximum Gasteiger partial charge on any atom is 0.0469 e. The summed E-state index contributed by atoms with van der Waals surface area (Å²) in [6, 6.07) is 0. The summed E-state index contributed by atoms with van der Waals surface area (Å²) in [5.41, 5.74) is 0. The molecule has 0 amide bonds. The lowest BCUT2D eigenvalue weighted by atomic mass is 10.00. The lowest BCUT2D eigenvalue weighted by Crippen LogP contribution is -2.31. The molecule has 2 heterocycles. The molecule has 0 N–H and O–H groups in total. The van der Waals surface area contributed by atoms with Gasteiger partial charge in [0, 0.05) is 32.2 Å². The monoisotopic (exact) mass is 231 g/mol. The van der Waals surface area contributed by atoms with E-state index in [0.717, 1.165) is 30.9 Å². The number of likely N-dealkylation sites (tertiary alicyclic amines) is 1. The standard InChI is InChI=1S/C12H22ClNO/c13-5-1-11-2-6-14(9-11)10-12-3-7-15-8-4-12/h11-12H,1-10H2. The molecule has 3 heteroatoms. The maximum atomic E-state index is 5.79. The van der Waals surface area contributed by atoms with Crippen LogP contribution in [-0.4, -0.2) is 43.6 Å².